The molecule has 4 aromatic carbocycles. The summed E-state index contributed by atoms with van der Waals surface area (Å²) < 4.78 is 1.42. The second-order valence-corrected chi connectivity index (χ2v) is 22.5. The predicted molar refractivity (Wildman–Crippen MR) is 244 cm³/mol. The Labute approximate surface area is 362 Å². The van der Waals surface area contributed by atoms with Gasteiger partial charge in [-0.1, -0.05) is 132 Å². The molecule has 4 aromatic rings. The van der Waals surface area contributed by atoms with E-state index < -0.39 is 0 Å². The molecule has 0 fully saturated rings. The van der Waals surface area contributed by atoms with Crippen molar-refractivity contribution >= 4 is 14.4 Å². The summed E-state index contributed by atoms with van der Waals surface area (Å²) in [5.74, 6) is 0.522. The van der Waals surface area contributed by atoms with Gasteiger partial charge in [-0.25, -0.2) is 11.6 Å². The molecular weight excluding hydrogens is 764 g/mol. The van der Waals surface area contributed by atoms with E-state index in [1.165, 1.54) is 111 Å². The Morgan fingerprint density at radius 1 is 0.632 bits per heavy atom. The summed E-state index contributed by atoms with van der Waals surface area (Å²) in [6, 6.07) is 27.5. The zero-order valence-corrected chi connectivity index (χ0v) is 40.4. The molecule has 294 valence electrons. The molecule has 0 saturated heterocycles. The Morgan fingerprint density at radius 2 is 1.12 bits per heavy atom. The maximum absolute atomic E-state index is 3.85. The Bertz CT molecular complexity index is 2180. The molecule has 57 heavy (non-hydrogen) atoms. The van der Waals surface area contributed by atoms with Gasteiger partial charge in [0.25, 0.3) is 0 Å². The molecule has 0 aliphatic heterocycles. The molecule has 8 rings (SSSR count). The first-order valence-corrected chi connectivity index (χ1v) is 22.3. The average molecular weight is 830 g/mol. The fourth-order valence-corrected chi connectivity index (χ4v) is 9.42. The van der Waals surface area contributed by atoms with Gasteiger partial charge in [0.2, 0.25) is 0 Å². The van der Waals surface area contributed by atoms with E-state index in [0.717, 1.165) is 6.42 Å². The van der Waals surface area contributed by atoms with E-state index in [9.17, 15) is 0 Å². The first-order valence-electron chi connectivity index (χ1n) is 21.1. The minimum atomic E-state index is -0.0202. The molecule has 4 aliphatic rings. The number of fused-ring (bicyclic) bond motifs is 5. The van der Waals surface area contributed by atoms with Crippen molar-refractivity contribution in [3.05, 3.63) is 164 Å². The van der Waals surface area contributed by atoms with Crippen LogP contribution < -0.4 is 0 Å². The number of hydrogen-bond donors (Lipinski definition) is 0. The summed E-state index contributed by atoms with van der Waals surface area (Å²) in [6.07, 6.45) is 15.1. The van der Waals surface area contributed by atoms with E-state index in [1.54, 1.807) is 0 Å². The quantitative estimate of drug-likeness (QED) is 0.156. The van der Waals surface area contributed by atoms with Crippen LogP contribution in [0.3, 0.4) is 0 Å². The van der Waals surface area contributed by atoms with Crippen LogP contribution >= 0.6 is 0 Å². The van der Waals surface area contributed by atoms with Crippen molar-refractivity contribution in [2.45, 2.75) is 128 Å². The van der Waals surface area contributed by atoms with Crippen LogP contribution in [0.4, 0.5) is 0 Å². The van der Waals surface area contributed by atoms with E-state index in [4.69, 9.17) is 0 Å². The maximum atomic E-state index is 3.85. The zero-order chi connectivity index (χ0) is 42.0. The number of rotatable bonds is 2. The SMILES string of the molecule is CC(C)(C)C1=[C-]C(C)(C)c2cc3c(cc21)-c1cc2c(cc1C3)C(C)(C)C=C2C(C)(C)C.CC1[C-]=CC(C(C)(C)C)=C1.Cc1ccc([C](=[Zr+2])c2ccc(C)cc2)cc1. The first kappa shape index (κ1) is 43.2. The van der Waals surface area contributed by atoms with Gasteiger partial charge in [-0.15, -0.1) is 11.6 Å². The van der Waals surface area contributed by atoms with Crippen LogP contribution in [0.15, 0.2) is 96.6 Å². The molecule has 0 spiro atoms. The zero-order valence-electron chi connectivity index (χ0n) is 37.9. The topological polar surface area (TPSA) is 0 Å². The Hall–Kier alpha value is -3.41. The molecule has 1 atom stereocenters. The Morgan fingerprint density at radius 3 is 1.54 bits per heavy atom. The van der Waals surface area contributed by atoms with Gasteiger partial charge in [-0.2, -0.15) is 17.2 Å². The van der Waals surface area contributed by atoms with E-state index in [2.05, 4.69) is 214 Å². The normalized spacial score (nSPS) is 18.2. The van der Waals surface area contributed by atoms with Crippen molar-refractivity contribution in [3.63, 3.8) is 0 Å². The van der Waals surface area contributed by atoms with Gasteiger partial charge in [-0.05, 0) is 62.3 Å². The summed E-state index contributed by atoms with van der Waals surface area (Å²) in [5, 5.41) is 0. The van der Waals surface area contributed by atoms with Crippen molar-refractivity contribution in [2.24, 2.45) is 22.2 Å². The van der Waals surface area contributed by atoms with Crippen LogP contribution in [-0.2, 0) is 41.5 Å². The van der Waals surface area contributed by atoms with Gasteiger partial charge in [0, 0.05) is 5.41 Å². The second-order valence-electron chi connectivity index (χ2n) is 21.3. The van der Waals surface area contributed by atoms with Crippen LogP contribution in [0.25, 0.3) is 22.3 Å². The van der Waals surface area contributed by atoms with Gasteiger partial charge in [0.1, 0.15) is 0 Å². The molecule has 0 N–H and O–H groups in total. The number of benzene rings is 4. The molecular formula is C56H66Zr. The molecule has 0 saturated carbocycles. The summed E-state index contributed by atoms with van der Waals surface area (Å²) in [7, 11) is 0. The fourth-order valence-electron chi connectivity index (χ4n) is 8.60. The molecule has 1 heteroatoms. The standard InChI is InChI=1S/C31H37.C15H14.C10H15.Zr/c1-28(2,3)26-16-30(7,8)24-12-18-11-19-13-25-23(15-21(19)20(18)14-22(24)26)27(29(4,5)6)17-31(25,9)10;1-12-3-7-14(8-4-12)11-15-9-5-13(2)6-10-15;1-8-5-6-9(7-8)10(2,3)4;/h12-16H,11H2,1-10H3;3-10H,1-2H3;6-8H,1-4H3;/q-1;;-1;+2. The van der Waals surface area contributed by atoms with Crippen molar-refractivity contribution in [3.8, 4) is 11.1 Å². The first-order chi connectivity index (χ1) is 26.3. The van der Waals surface area contributed by atoms with Crippen LogP contribution in [0.5, 0.6) is 0 Å². The molecule has 0 heterocycles. The molecule has 0 radical (unpaired) electrons. The molecule has 0 amide bonds. The number of allylic oxidation sites excluding steroid dienone is 8. The number of aryl methyl sites for hydroxylation is 2. The van der Waals surface area contributed by atoms with Crippen molar-refractivity contribution in [1.82, 2.24) is 0 Å². The third-order valence-corrected chi connectivity index (χ3v) is 13.5. The van der Waals surface area contributed by atoms with Gasteiger partial charge in [-0.3, -0.25) is 12.2 Å². The van der Waals surface area contributed by atoms with E-state index >= 15 is 0 Å². The van der Waals surface area contributed by atoms with Crippen LogP contribution in [-0.4, -0.2) is 3.21 Å². The van der Waals surface area contributed by atoms with Crippen molar-refractivity contribution in [1.29, 1.82) is 0 Å². The molecule has 1 unspecified atom stereocenters. The van der Waals surface area contributed by atoms with E-state index in [1.807, 2.05) is 0 Å². The van der Waals surface area contributed by atoms with Crippen LogP contribution in [0, 0.1) is 48.2 Å². The van der Waals surface area contributed by atoms with Gasteiger partial charge >= 0.3 is 112 Å². The summed E-state index contributed by atoms with van der Waals surface area (Å²) in [4.78, 5) is 0. The van der Waals surface area contributed by atoms with Gasteiger partial charge in [0.05, 0.1) is 0 Å². The molecule has 0 bridgehead atoms. The van der Waals surface area contributed by atoms with E-state index in [-0.39, 0.29) is 21.7 Å². The number of hydrogen-bond acceptors (Lipinski definition) is 0. The fraction of sp³-hybridized carbons (Fsp3) is 0.411. The Kier molecular flexibility index (Phi) is 11.6. The third-order valence-electron chi connectivity index (χ3n) is 12.1. The van der Waals surface area contributed by atoms with Crippen molar-refractivity contribution < 1.29 is 24.2 Å². The molecule has 0 nitrogen and oxygen atoms in total. The monoisotopic (exact) mass is 828 g/mol. The summed E-state index contributed by atoms with van der Waals surface area (Å²) in [6.45, 7) is 36.4. The predicted octanol–water partition coefficient (Wildman–Crippen LogP) is 14.9. The summed E-state index contributed by atoms with van der Waals surface area (Å²) >= 11 is 1.46. The van der Waals surface area contributed by atoms with Gasteiger partial charge in [0.15, 0.2) is 0 Å². The third kappa shape index (κ3) is 9.11. The van der Waals surface area contributed by atoms with E-state index in [0.29, 0.717) is 11.3 Å². The Balaban J connectivity index is 0.000000175. The van der Waals surface area contributed by atoms with Crippen LogP contribution in [0.2, 0.25) is 0 Å². The summed E-state index contributed by atoms with van der Waals surface area (Å²) in [5.41, 5.74) is 21.9. The molecule has 4 aliphatic carbocycles. The van der Waals surface area contributed by atoms with Crippen molar-refractivity contribution in [2.75, 3.05) is 0 Å². The second kappa shape index (κ2) is 15.3. The average Bonchev–Trinajstić information content (AvgIpc) is 3.84. The molecule has 0 aromatic heterocycles. The van der Waals surface area contributed by atoms with Gasteiger partial charge < -0.3 is 0 Å². The minimum absolute atomic E-state index is 0.0202. The van der Waals surface area contributed by atoms with Crippen LogP contribution in [0.1, 0.15) is 153 Å².